The standard InChI is InChI=1S/C36H42O6/c1-25(2)12-10-14-27(5)20-22-39-30-18-19-31-32(24-30)41-36(38)34(40-23-21-28(6)15-11-13-26(3)4)33(31)42-35(37)29-16-8-7-9-17-29/h7-9,12-13,16-21,24H,10-11,14-15,22-23H2,1-6H3/b27-20+,28-21+. The Balaban J connectivity index is 1.85. The molecule has 6 heteroatoms. The number of allylic oxidation sites excluding steroid dienone is 6. The van der Waals surface area contributed by atoms with Crippen LogP contribution in [0, 0.1) is 0 Å². The van der Waals surface area contributed by atoms with Gasteiger partial charge in [0.15, 0.2) is 5.75 Å². The number of ether oxygens (including phenoxy) is 3. The normalized spacial score (nSPS) is 11.7. The number of carbonyl (C=O) groups is 1. The number of benzene rings is 2. The molecule has 0 unspecified atom stereocenters. The van der Waals surface area contributed by atoms with Gasteiger partial charge >= 0.3 is 11.6 Å². The van der Waals surface area contributed by atoms with E-state index in [1.165, 1.54) is 16.7 Å². The van der Waals surface area contributed by atoms with Crippen molar-refractivity contribution < 1.29 is 23.4 Å². The molecule has 0 aliphatic heterocycles. The van der Waals surface area contributed by atoms with Gasteiger partial charge in [-0.15, -0.1) is 0 Å². The quantitative estimate of drug-likeness (QED) is 0.109. The molecule has 0 spiro atoms. The number of hydrogen-bond acceptors (Lipinski definition) is 6. The topological polar surface area (TPSA) is 75.0 Å². The third kappa shape index (κ3) is 10.3. The maximum Gasteiger partial charge on any atom is 0.383 e. The predicted octanol–water partition coefficient (Wildman–Crippen LogP) is 9.16. The van der Waals surface area contributed by atoms with Crippen LogP contribution in [0.2, 0.25) is 0 Å². The molecule has 1 heterocycles. The molecule has 0 radical (unpaired) electrons. The first-order valence-electron chi connectivity index (χ1n) is 14.4. The number of fused-ring (bicyclic) bond motifs is 1. The molecule has 42 heavy (non-hydrogen) atoms. The molecule has 0 aliphatic rings. The smallest absolute Gasteiger partial charge is 0.383 e. The SMILES string of the molecule is CC(C)=CCC/C(C)=C/COc1ccc2c(OC(=O)c3ccccc3)c(OC/C=C(\C)CCC=C(C)C)c(=O)oc2c1. The summed E-state index contributed by atoms with van der Waals surface area (Å²) in [6, 6.07) is 13.7. The van der Waals surface area contributed by atoms with Crippen molar-refractivity contribution in [3.05, 3.63) is 111 Å². The second-order valence-corrected chi connectivity index (χ2v) is 10.8. The summed E-state index contributed by atoms with van der Waals surface area (Å²) in [6.07, 6.45) is 12.1. The van der Waals surface area contributed by atoms with Crippen LogP contribution in [0.4, 0.5) is 0 Å². The highest BCUT2D eigenvalue weighted by atomic mass is 16.6. The lowest BCUT2D eigenvalue weighted by Gasteiger charge is -2.13. The Morgan fingerprint density at radius 2 is 1.33 bits per heavy atom. The summed E-state index contributed by atoms with van der Waals surface area (Å²) in [4.78, 5) is 26.1. The second kappa shape index (κ2) is 16.2. The van der Waals surface area contributed by atoms with E-state index >= 15 is 0 Å². The summed E-state index contributed by atoms with van der Waals surface area (Å²) in [6.45, 7) is 12.9. The Kier molecular flexibility index (Phi) is 12.4. The van der Waals surface area contributed by atoms with E-state index < -0.39 is 11.6 Å². The summed E-state index contributed by atoms with van der Waals surface area (Å²) >= 11 is 0. The largest absolute Gasteiger partial charge is 0.489 e. The molecule has 0 amide bonds. The van der Waals surface area contributed by atoms with E-state index in [2.05, 4.69) is 46.8 Å². The monoisotopic (exact) mass is 570 g/mol. The van der Waals surface area contributed by atoms with E-state index in [0.29, 0.717) is 23.3 Å². The van der Waals surface area contributed by atoms with Gasteiger partial charge in [-0.25, -0.2) is 9.59 Å². The third-order valence-corrected chi connectivity index (χ3v) is 6.52. The molecular formula is C36H42O6. The zero-order valence-electron chi connectivity index (χ0n) is 25.6. The minimum absolute atomic E-state index is 0.0206. The number of hydrogen-bond donors (Lipinski definition) is 0. The predicted molar refractivity (Wildman–Crippen MR) is 170 cm³/mol. The molecular weight excluding hydrogens is 528 g/mol. The molecule has 0 bridgehead atoms. The molecule has 1 aromatic heterocycles. The van der Waals surface area contributed by atoms with E-state index in [4.69, 9.17) is 18.6 Å². The number of esters is 1. The van der Waals surface area contributed by atoms with Crippen molar-refractivity contribution in [3.8, 4) is 17.2 Å². The minimum Gasteiger partial charge on any atom is -0.489 e. The molecule has 0 fully saturated rings. The van der Waals surface area contributed by atoms with E-state index in [1.807, 2.05) is 25.1 Å². The first-order chi connectivity index (χ1) is 20.1. The summed E-state index contributed by atoms with van der Waals surface area (Å²) < 4.78 is 23.2. The maximum absolute atomic E-state index is 13.1. The molecule has 3 rings (SSSR count). The molecule has 0 saturated heterocycles. The van der Waals surface area contributed by atoms with Gasteiger partial charge in [0.2, 0.25) is 5.75 Å². The summed E-state index contributed by atoms with van der Waals surface area (Å²) in [5.41, 5.74) is 4.79. The fraction of sp³-hybridized carbons (Fsp3) is 0.333. The van der Waals surface area contributed by atoms with Crippen LogP contribution in [-0.2, 0) is 0 Å². The average Bonchev–Trinajstić information content (AvgIpc) is 2.94. The van der Waals surface area contributed by atoms with E-state index in [1.54, 1.807) is 42.5 Å². The Bertz CT molecular complexity index is 1530. The van der Waals surface area contributed by atoms with Crippen LogP contribution in [0.1, 0.15) is 77.6 Å². The number of carbonyl (C=O) groups excluding carboxylic acids is 1. The fourth-order valence-electron chi connectivity index (χ4n) is 4.11. The molecule has 3 aromatic rings. The van der Waals surface area contributed by atoms with Crippen LogP contribution in [0.5, 0.6) is 17.2 Å². The Hall–Kier alpha value is -4.32. The van der Waals surface area contributed by atoms with Crippen LogP contribution < -0.4 is 19.8 Å². The molecule has 0 aliphatic carbocycles. The minimum atomic E-state index is -0.735. The lowest BCUT2D eigenvalue weighted by molar-refractivity contribution is 0.0730. The van der Waals surface area contributed by atoms with Gasteiger partial charge in [-0.05, 0) is 104 Å². The summed E-state index contributed by atoms with van der Waals surface area (Å²) in [5, 5.41) is 0.430. The maximum atomic E-state index is 13.1. The van der Waals surface area contributed by atoms with Gasteiger partial charge < -0.3 is 18.6 Å². The Morgan fingerprint density at radius 1 is 0.738 bits per heavy atom. The van der Waals surface area contributed by atoms with Crippen molar-refractivity contribution in [1.29, 1.82) is 0 Å². The van der Waals surface area contributed by atoms with Gasteiger partial charge in [0, 0.05) is 6.07 Å². The lowest BCUT2D eigenvalue weighted by atomic mass is 10.1. The van der Waals surface area contributed by atoms with Gasteiger partial charge in [0.25, 0.3) is 0 Å². The Morgan fingerprint density at radius 3 is 1.93 bits per heavy atom. The second-order valence-electron chi connectivity index (χ2n) is 10.8. The van der Waals surface area contributed by atoms with Crippen molar-refractivity contribution >= 4 is 16.9 Å². The average molecular weight is 571 g/mol. The van der Waals surface area contributed by atoms with Crippen molar-refractivity contribution in [3.63, 3.8) is 0 Å². The first kappa shape index (κ1) is 32.2. The van der Waals surface area contributed by atoms with Gasteiger partial charge in [-0.2, -0.15) is 0 Å². The van der Waals surface area contributed by atoms with Crippen LogP contribution >= 0.6 is 0 Å². The van der Waals surface area contributed by atoms with Gasteiger partial charge in [-0.1, -0.05) is 52.6 Å². The molecule has 0 N–H and O–H groups in total. The van der Waals surface area contributed by atoms with Gasteiger partial charge in [-0.3, -0.25) is 0 Å². The van der Waals surface area contributed by atoms with Crippen LogP contribution in [0.15, 0.2) is 104 Å². The fourth-order valence-corrected chi connectivity index (χ4v) is 4.11. The third-order valence-electron chi connectivity index (χ3n) is 6.52. The van der Waals surface area contributed by atoms with Crippen molar-refractivity contribution in [1.82, 2.24) is 0 Å². The number of rotatable bonds is 14. The highest BCUT2D eigenvalue weighted by molar-refractivity contribution is 5.95. The van der Waals surface area contributed by atoms with E-state index in [-0.39, 0.29) is 23.7 Å². The van der Waals surface area contributed by atoms with Gasteiger partial charge in [0.1, 0.15) is 24.5 Å². The first-order valence-corrected chi connectivity index (χ1v) is 14.4. The highest BCUT2D eigenvalue weighted by Crippen LogP contribution is 2.35. The highest BCUT2D eigenvalue weighted by Gasteiger charge is 2.22. The molecule has 6 nitrogen and oxygen atoms in total. The van der Waals surface area contributed by atoms with Crippen LogP contribution in [0.25, 0.3) is 11.0 Å². The van der Waals surface area contributed by atoms with Crippen LogP contribution in [-0.4, -0.2) is 19.2 Å². The molecule has 0 atom stereocenters. The van der Waals surface area contributed by atoms with Crippen molar-refractivity contribution in [2.45, 2.75) is 67.2 Å². The zero-order valence-corrected chi connectivity index (χ0v) is 25.6. The van der Waals surface area contributed by atoms with E-state index in [9.17, 15) is 9.59 Å². The molecule has 0 saturated carbocycles. The summed E-state index contributed by atoms with van der Waals surface area (Å²) in [7, 11) is 0. The molecule has 222 valence electrons. The van der Waals surface area contributed by atoms with E-state index in [0.717, 1.165) is 31.3 Å². The van der Waals surface area contributed by atoms with Crippen LogP contribution in [0.3, 0.4) is 0 Å². The molecule has 2 aromatic carbocycles. The lowest BCUT2D eigenvalue weighted by Crippen LogP contribution is -2.14. The van der Waals surface area contributed by atoms with Gasteiger partial charge in [0.05, 0.1) is 10.9 Å². The Labute approximate surface area is 249 Å². The zero-order chi connectivity index (χ0) is 30.5. The summed E-state index contributed by atoms with van der Waals surface area (Å²) in [5.74, 6) is -0.200. The van der Waals surface area contributed by atoms with Crippen molar-refractivity contribution in [2.75, 3.05) is 13.2 Å². The van der Waals surface area contributed by atoms with Crippen molar-refractivity contribution in [2.24, 2.45) is 0 Å².